The summed E-state index contributed by atoms with van der Waals surface area (Å²) in [5, 5.41) is 26.3. The molecule has 0 spiro atoms. The predicted octanol–water partition coefficient (Wildman–Crippen LogP) is -0.999. The summed E-state index contributed by atoms with van der Waals surface area (Å²) in [6.07, 6.45) is 0.900. The molecule has 0 saturated carbocycles. The van der Waals surface area contributed by atoms with Gasteiger partial charge in [0.15, 0.2) is 0 Å². The van der Waals surface area contributed by atoms with Crippen LogP contribution < -0.4 is 0 Å². The molecule has 0 atom stereocenters. The number of hydrogen-bond donors (Lipinski definition) is 3. The Hall–Kier alpha value is -0.160. The topological polar surface area (TPSA) is 63.9 Å². The summed E-state index contributed by atoms with van der Waals surface area (Å²) in [5.41, 5.74) is 0. The lowest BCUT2D eigenvalue weighted by molar-refractivity contribution is 0.0141. The van der Waals surface area contributed by atoms with E-state index in [1.54, 1.807) is 4.90 Å². The molecule has 11 heavy (non-hydrogen) atoms. The average Bonchev–Trinajstić information content (AvgIpc) is 2.05. The quantitative estimate of drug-likeness (QED) is 0.440. The van der Waals surface area contributed by atoms with Crippen LogP contribution in [0.1, 0.15) is 13.3 Å². The van der Waals surface area contributed by atoms with Gasteiger partial charge in [-0.05, 0) is 6.42 Å². The third kappa shape index (κ3) is 3.67. The third-order valence-corrected chi connectivity index (χ3v) is 1.63. The van der Waals surface area contributed by atoms with E-state index in [2.05, 4.69) is 0 Å². The van der Waals surface area contributed by atoms with E-state index >= 15 is 0 Å². The molecule has 0 aliphatic rings. The Morgan fingerprint density at radius 2 is 1.73 bits per heavy atom. The number of aliphatic hydroxyl groups excluding tert-OH is 3. The van der Waals surface area contributed by atoms with E-state index in [0.717, 1.165) is 6.42 Å². The summed E-state index contributed by atoms with van der Waals surface area (Å²) in [4.78, 5) is 1.64. The molecule has 0 unspecified atom stereocenters. The van der Waals surface area contributed by atoms with Gasteiger partial charge in [0, 0.05) is 6.54 Å². The molecule has 0 aromatic carbocycles. The highest BCUT2D eigenvalue weighted by Crippen LogP contribution is 1.97. The second-order valence-electron chi connectivity index (χ2n) is 2.47. The van der Waals surface area contributed by atoms with Crippen LogP contribution in [0.25, 0.3) is 0 Å². The first kappa shape index (κ1) is 10.8. The Bertz CT molecular complexity index is 85.8. The zero-order chi connectivity index (χ0) is 8.69. The summed E-state index contributed by atoms with van der Waals surface area (Å²) in [5.74, 6) is 0. The molecule has 0 saturated heterocycles. The Balaban J connectivity index is 3.76. The van der Waals surface area contributed by atoms with Crippen molar-refractivity contribution in [3.63, 3.8) is 0 Å². The maximum Gasteiger partial charge on any atom is 0.0960 e. The van der Waals surface area contributed by atoms with Crippen LogP contribution in [-0.4, -0.2) is 52.8 Å². The van der Waals surface area contributed by atoms with Crippen molar-refractivity contribution in [3.8, 4) is 0 Å². The molecule has 0 radical (unpaired) electrons. The Labute approximate surface area is 67.1 Å². The molecule has 0 bridgehead atoms. The second-order valence-corrected chi connectivity index (χ2v) is 2.47. The molecule has 0 aromatic rings. The molecule has 0 aliphatic carbocycles. The smallest absolute Gasteiger partial charge is 0.0960 e. The van der Waals surface area contributed by atoms with E-state index in [9.17, 15) is 0 Å². The molecular weight excluding hydrogens is 146 g/mol. The Morgan fingerprint density at radius 3 is 2.00 bits per heavy atom. The fourth-order valence-corrected chi connectivity index (χ4v) is 0.945. The molecular formula is C7H17NO3. The molecule has 0 fully saturated rings. The maximum absolute atomic E-state index is 8.79. The minimum Gasteiger partial charge on any atom is -0.395 e. The van der Waals surface area contributed by atoms with E-state index in [4.69, 9.17) is 15.3 Å². The predicted molar refractivity (Wildman–Crippen MR) is 42.0 cm³/mol. The van der Waals surface area contributed by atoms with Crippen molar-refractivity contribution in [2.45, 2.75) is 19.4 Å². The average molecular weight is 163 g/mol. The van der Waals surface area contributed by atoms with Crippen LogP contribution in [0.2, 0.25) is 0 Å². The minimum atomic E-state index is -0.319. The van der Waals surface area contributed by atoms with Gasteiger partial charge >= 0.3 is 0 Å². The molecule has 68 valence electrons. The molecule has 0 heterocycles. The van der Waals surface area contributed by atoms with Crippen LogP contribution in [0.3, 0.4) is 0 Å². The largest absolute Gasteiger partial charge is 0.395 e. The lowest BCUT2D eigenvalue weighted by atomic mass is 10.3. The van der Waals surface area contributed by atoms with Crippen molar-refractivity contribution < 1.29 is 15.3 Å². The van der Waals surface area contributed by atoms with Crippen molar-refractivity contribution in [2.75, 3.05) is 26.5 Å². The van der Waals surface area contributed by atoms with Gasteiger partial charge in [0.2, 0.25) is 0 Å². The summed E-state index contributed by atoms with van der Waals surface area (Å²) in [7, 11) is 0. The lowest BCUT2D eigenvalue weighted by Gasteiger charge is -2.25. The van der Waals surface area contributed by atoms with Crippen molar-refractivity contribution in [1.82, 2.24) is 4.90 Å². The van der Waals surface area contributed by atoms with E-state index < -0.39 is 0 Å². The summed E-state index contributed by atoms with van der Waals surface area (Å²) >= 11 is 0. The van der Waals surface area contributed by atoms with Crippen molar-refractivity contribution in [3.05, 3.63) is 0 Å². The standard InChI is InChI=1S/C7H17NO3/c1-2-3-8(6-11)7(4-9)5-10/h7,9-11H,2-6H2,1H3. The first-order chi connectivity index (χ1) is 5.29. The monoisotopic (exact) mass is 163 g/mol. The second kappa shape index (κ2) is 6.54. The van der Waals surface area contributed by atoms with E-state index in [1.165, 1.54) is 0 Å². The number of nitrogens with zero attached hydrogens (tertiary/aromatic N) is 1. The van der Waals surface area contributed by atoms with Gasteiger partial charge < -0.3 is 15.3 Å². The van der Waals surface area contributed by atoms with Crippen molar-refractivity contribution in [2.24, 2.45) is 0 Å². The van der Waals surface area contributed by atoms with Gasteiger partial charge in [-0.15, -0.1) is 0 Å². The van der Waals surface area contributed by atoms with Gasteiger partial charge in [0.1, 0.15) is 0 Å². The first-order valence-corrected chi connectivity index (χ1v) is 3.86. The van der Waals surface area contributed by atoms with E-state index in [1.807, 2.05) is 6.92 Å². The van der Waals surface area contributed by atoms with Crippen molar-refractivity contribution in [1.29, 1.82) is 0 Å². The van der Waals surface area contributed by atoms with Gasteiger partial charge in [-0.1, -0.05) is 6.92 Å². The SMILES string of the molecule is CCCN(CO)C(CO)CO. The summed E-state index contributed by atoms with van der Waals surface area (Å²) in [6.45, 7) is 2.34. The van der Waals surface area contributed by atoms with Crippen LogP contribution in [0.15, 0.2) is 0 Å². The summed E-state index contributed by atoms with van der Waals surface area (Å²) in [6, 6.07) is -0.319. The van der Waals surface area contributed by atoms with Gasteiger partial charge in [0.25, 0.3) is 0 Å². The van der Waals surface area contributed by atoms with Crippen LogP contribution in [0.5, 0.6) is 0 Å². The Morgan fingerprint density at radius 1 is 1.18 bits per heavy atom. The normalized spacial score (nSPS) is 11.5. The first-order valence-electron chi connectivity index (χ1n) is 3.86. The Kier molecular flexibility index (Phi) is 6.45. The zero-order valence-corrected chi connectivity index (χ0v) is 6.90. The molecule has 0 aromatic heterocycles. The third-order valence-electron chi connectivity index (χ3n) is 1.63. The molecule has 0 aliphatic heterocycles. The highest BCUT2D eigenvalue weighted by Gasteiger charge is 2.13. The molecule has 3 N–H and O–H groups in total. The maximum atomic E-state index is 8.79. The highest BCUT2D eigenvalue weighted by atomic mass is 16.3. The van der Waals surface area contributed by atoms with E-state index in [-0.39, 0.29) is 26.0 Å². The molecule has 4 heteroatoms. The van der Waals surface area contributed by atoms with Gasteiger partial charge in [-0.3, -0.25) is 4.90 Å². The van der Waals surface area contributed by atoms with Gasteiger partial charge in [-0.2, -0.15) is 0 Å². The van der Waals surface area contributed by atoms with Gasteiger partial charge in [-0.25, -0.2) is 0 Å². The van der Waals surface area contributed by atoms with Gasteiger partial charge in [0.05, 0.1) is 26.0 Å². The fraction of sp³-hybridized carbons (Fsp3) is 1.00. The minimum absolute atomic E-state index is 0.111. The molecule has 4 nitrogen and oxygen atoms in total. The van der Waals surface area contributed by atoms with Crippen LogP contribution in [-0.2, 0) is 0 Å². The van der Waals surface area contributed by atoms with Crippen LogP contribution >= 0.6 is 0 Å². The van der Waals surface area contributed by atoms with Crippen LogP contribution in [0.4, 0.5) is 0 Å². The number of hydrogen-bond acceptors (Lipinski definition) is 4. The molecule has 0 rings (SSSR count). The highest BCUT2D eigenvalue weighted by molar-refractivity contribution is 4.66. The van der Waals surface area contributed by atoms with Crippen molar-refractivity contribution >= 4 is 0 Å². The van der Waals surface area contributed by atoms with E-state index in [0.29, 0.717) is 6.54 Å². The summed E-state index contributed by atoms with van der Waals surface area (Å²) < 4.78 is 0. The number of rotatable bonds is 6. The number of aliphatic hydroxyl groups is 3. The van der Waals surface area contributed by atoms with Crippen LogP contribution in [0, 0.1) is 0 Å². The fourth-order valence-electron chi connectivity index (χ4n) is 0.945. The molecule has 0 amide bonds. The zero-order valence-electron chi connectivity index (χ0n) is 6.90. The lowest BCUT2D eigenvalue weighted by Crippen LogP contribution is -2.41.